The van der Waals surface area contributed by atoms with E-state index in [4.69, 9.17) is 50.4 Å². The van der Waals surface area contributed by atoms with E-state index >= 15 is 0 Å². The van der Waals surface area contributed by atoms with Crippen LogP contribution in [0.5, 0.6) is 0 Å². The van der Waals surface area contributed by atoms with Gasteiger partial charge in [0.1, 0.15) is 18.7 Å². The zero-order valence-electron chi connectivity index (χ0n) is 57.2. The van der Waals surface area contributed by atoms with E-state index in [0.29, 0.717) is 42.5 Å². The van der Waals surface area contributed by atoms with Gasteiger partial charge in [0.25, 0.3) is 27.8 Å². The second-order valence-electron chi connectivity index (χ2n) is 24.9. The topological polar surface area (TPSA) is 612 Å². The number of anilines is 3. The molecule has 0 unspecified atom stereocenters. The number of nitrogens with zero attached hydrogens (tertiary/aromatic N) is 12. The van der Waals surface area contributed by atoms with Gasteiger partial charge in [-0.1, -0.05) is 45.7 Å². The maximum Gasteiger partial charge on any atom is 0.330 e. The number of carbonyl (C=O) groups excluding carboxylic acids is 2. The SMILES string of the molecule is CC[C@H]1C[C@H](n2ccc(=O)[nH]c2=O)O[C@@H]1CO.CC[C@H]1C[C@H](n2cnc3c(=O)[nH]c(N)nc32)O[C@@H]1CO.CC[C@H]1[C@@H](OC(C)=O)[C@H](n2cc(C)c(=O)[nH]c2=O)O[C@@H]1CO.CC[C@H]1[C@@H](OC(C)=O)[C@H](n2nnc3c(=O)[nH]c(N)nc32)O[C@@H]1CO.Nc1nc2c(ncn2[C@H]2C[C@H](CO)[C@@H](CO)O2)c(=O)[nH]1. The van der Waals surface area contributed by atoms with E-state index in [1.165, 1.54) is 58.8 Å². The van der Waals surface area contributed by atoms with Crippen molar-refractivity contribution in [1.82, 2.24) is 83.1 Å². The molecule has 0 aromatic carbocycles. The number of nitrogens with one attached hydrogen (secondary N) is 5. The average Bonchev–Trinajstić information content (AvgIpc) is 1.63. The zero-order chi connectivity index (χ0) is 74.8. The molecule has 562 valence electrons. The summed E-state index contributed by atoms with van der Waals surface area (Å²) in [5.41, 5.74) is 14.9. The van der Waals surface area contributed by atoms with Crippen molar-refractivity contribution in [3.63, 3.8) is 0 Å². The Kier molecular flexibility index (Phi) is 25.6. The van der Waals surface area contributed by atoms with Crippen LogP contribution in [0.15, 0.2) is 64.7 Å². The molecule has 42 nitrogen and oxygen atoms in total. The molecular weight excluding hydrogens is 1360 g/mol. The predicted molar refractivity (Wildman–Crippen MR) is 358 cm³/mol. The van der Waals surface area contributed by atoms with Crippen LogP contribution in [0.2, 0.25) is 0 Å². The average molecular weight is 1450 g/mol. The number of ether oxygens (including phenoxy) is 7. The number of aromatic nitrogens is 17. The highest BCUT2D eigenvalue weighted by Crippen LogP contribution is 2.41. The minimum atomic E-state index is -0.881. The van der Waals surface area contributed by atoms with Crippen LogP contribution < -0.4 is 56.4 Å². The molecule has 5 saturated heterocycles. The second-order valence-corrected chi connectivity index (χ2v) is 24.9. The molecule has 0 spiro atoms. The molecule has 0 saturated carbocycles. The first-order chi connectivity index (χ1) is 49.3. The largest absolute Gasteiger partial charge is 0.457 e. The molecule has 5 aliphatic heterocycles. The fourth-order valence-corrected chi connectivity index (χ4v) is 13.3. The van der Waals surface area contributed by atoms with Gasteiger partial charge < -0.3 is 81.0 Å². The first kappa shape index (κ1) is 77.4. The predicted octanol–water partition coefficient (Wildman–Crippen LogP) is -2.92. The molecule has 8 aromatic rings. The number of hydrogen-bond donors (Lipinski definition) is 14. The number of aryl methyl sites for hydroxylation is 1. The van der Waals surface area contributed by atoms with Crippen LogP contribution in [0.1, 0.15) is 123 Å². The lowest BCUT2D eigenvalue weighted by atomic mass is 9.95. The van der Waals surface area contributed by atoms with Crippen LogP contribution in [-0.2, 0) is 42.7 Å². The van der Waals surface area contributed by atoms with Crippen molar-refractivity contribution in [2.24, 2.45) is 29.6 Å². The van der Waals surface area contributed by atoms with Gasteiger partial charge in [-0.25, -0.2) is 19.6 Å². The zero-order valence-corrected chi connectivity index (χ0v) is 57.2. The summed E-state index contributed by atoms with van der Waals surface area (Å²) in [4.78, 5) is 136. The van der Waals surface area contributed by atoms with Crippen molar-refractivity contribution in [2.75, 3.05) is 56.8 Å². The minimum Gasteiger partial charge on any atom is -0.457 e. The van der Waals surface area contributed by atoms with Gasteiger partial charge in [-0.05, 0) is 44.4 Å². The van der Waals surface area contributed by atoms with Crippen LogP contribution in [0.25, 0.3) is 33.5 Å². The van der Waals surface area contributed by atoms with Crippen LogP contribution in [-0.4, -0.2) is 208 Å². The number of hydrogen-bond acceptors (Lipinski definition) is 32. The van der Waals surface area contributed by atoms with Gasteiger partial charge in [0.05, 0.1) is 76.2 Å². The van der Waals surface area contributed by atoms with Gasteiger partial charge in [-0.15, -0.1) is 5.10 Å². The van der Waals surface area contributed by atoms with Gasteiger partial charge in [0.15, 0.2) is 58.2 Å². The lowest BCUT2D eigenvalue weighted by Gasteiger charge is -2.23. The molecule has 42 heteroatoms. The quantitative estimate of drug-likeness (QED) is 0.0406. The van der Waals surface area contributed by atoms with Crippen molar-refractivity contribution < 1.29 is 73.4 Å². The Balaban J connectivity index is 0.000000150. The van der Waals surface area contributed by atoms with Crippen molar-refractivity contribution in [1.29, 1.82) is 0 Å². The smallest absolute Gasteiger partial charge is 0.330 e. The van der Waals surface area contributed by atoms with E-state index in [1.807, 2.05) is 20.8 Å². The van der Waals surface area contributed by atoms with Crippen LogP contribution in [0.4, 0.5) is 17.8 Å². The van der Waals surface area contributed by atoms with Crippen LogP contribution in [0.3, 0.4) is 0 Å². The number of nitrogens with two attached hydrogens (primary N) is 3. The number of imidazole rings is 2. The number of carbonyl (C=O) groups is 2. The number of esters is 2. The fraction of sp³-hybridized carbons (Fsp3) is 0.607. The summed E-state index contributed by atoms with van der Waals surface area (Å²) in [6, 6.07) is 1.29. The second kappa shape index (κ2) is 34.0. The number of rotatable bonds is 17. The number of aromatic amines is 5. The molecule has 5 fully saturated rings. The van der Waals surface area contributed by atoms with E-state index in [-0.39, 0.29) is 133 Å². The summed E-state index contributed by atoms with van der Waals surface area (Å²) in [6.07, 6.45) is 4.51. The molecule has 5 aliphatic rings. The molecule has 103 heavy (non-hydrogen) atoms. The molecule has 0 radical (unpaired) electrons. The standard InChI is InChI=1S/C14H20N2O6.C13H18N6O5.C12H17N5O3.C11H15N5O4.C11H16N2O4/c1-4-9-10(6-17)22-13(11(9)21-8(3)18)16-5-7(2)12(19)15-14(16)20;1-3-6-7(4-20)24-12(9(6)23-5(2)21)19-10-8(17-18-19)11(22)16-13(14)15-10;1-2-6-3-8(20-7(6)4-18)17-5-14-9-10(17)15-12(13)16-11(9)19;12-11-14-9-8(10(19)15-11)13-4-16(9)7-1-5(2-17)6(3-18)20-7;1-2-7-5-10(17-8(7)6-14)13-4-3-9(15)12-11(13)16/h5,9-11,13,17H,4,6H2,1-3H3,(H,15,19,20);6-7,9,12,20H,3-4H2,1-2H3,(H3,14,15,16,22);5-8,18H,2-4H2,1H3,(H3,13,15,16,19);4-7,17-18H,1-3H2,(H3,12,14,15,19);3-4,7-8,10,14H,2,5-6H2,1H3,(H,12,15,16)/t9-,10-,11-,13-;6-,7-,9-,12-;6-,7+,8+;5-,6-,7-;7-,8+,10+/m11010/s1. The molecule has 13 heterocycles. The van der Waals surface area contributed by atoms with Gasteiger partial charge >= 0.3 is 23.3 Å². The summed E-state index contributed by atoms with van der Waals surface area (Å²) in [5, 5.41) is 63.7. The van der Waals surface area contributed by atoms with E-state index in [9.17, 15) is 73.8 Å². The van der Waals surface area contributed by atoms with Gasteiger partial charge in [-0.3, -0.25) is 76.8 Å². The summed E-state index contributed by atoms with van der Waals surface area (Å²) in [7, 11) is 0. The first-order valence-electron chi connectivity index (χ1n) is 33.2. The van der Waals surface area contributed by atoms with E-state index in [2.05, 4.69) is 67.1 Å². The first-order valence-corrected chi connectivity index (χ1v) is 33.2. The Morgan fingerprint density at radius 3 is 1.34 bits per heavy atom. The molecule has 0 bridgehead atoms. The van der Waals surface area contributed by atoms with E-state index in [1.54, 1.807) is 16.1 Å². The number of aliphatic hydroxyl groups excluding tert-OH is 6. The Morgan fingerprint density at radius 1 is 0.505 bits per heavy atom. The summed E-state index contributed by atoms with van der Waals surface area (Å²) < 4.78 is 46.4. The van der Waals surface area contributed by atoms with E-state index in [0.717, 1.165) is 19.3 Å². The lowest BCUT2D eigenvalue weighted by Crippen LogP contribution is -2.38. The molecular formula is C61H86N20O22. The Morgan fingerprint density at radius 2 is 0.922 bits per heavy atom. The number of nitrogen functional groups attached to an aromatic ring is 3. The Labute approximate surface area is 581 Å². The van der Waals surface area contributed by atoms with Crippen molar-refractivity contribution >= 4 is 63.3 Å². The monoisotopic (exact) mass is 1450 g/mol. The number of fused-ring (bicyclic) bond motifs is 3. The number of aliphatic hydroxyl groups is 6. The highest BCUT2D eigenvalue weighted by molar-refractivity contribution is 5.72. The summed E-state index contributed by atoms with van der Waals surface area (Å²) in [6.45, 7) is 11.2. The molecule has 8 aromatic heterocycles. The maximum absolute atomic E-state index is 12.0. The molecule has 0 aliphatic carbocycles. The van der Waals surface area contributed by atoms with Gasteiger partial charge in [-0.2, -0.15) is 19.6 Å². The molecule has 17 N–H and O–H groups in total. The maximum atomic E-state index is 12.0. The highest BCUT2D eigenvalue weighted by Gasteiger charge is 2.49. The van der Waals surface area contributed by atoms with Crippen molar-refractivity contribution in [3.05, 3.63) is 109 Å². The highest BCUT2D eigenvalue weighted by atomic mass is 16.6. The van der Waals surface area contributed by atoms with E-state index < -0.39 is 101 Å². The molecule has 0 amide bonds. The normalized spacial score (nSPS) is 27.1. The summed E-state index contributed by atoms with van der Waals surface area (Å²) in [5.74, 6) is -1.14. The fourth-order valence-electron chi connectivity index (χ4n) is 13.3. The minimum absolute atomic E-state index is 0.000312. The third-order valence-corrected chi connectivity index (χ3v) is 18.5. The van der Waals surface area contributed by atoms with Crippen LogP contribution >= 0.6 is 0 Å². The summed E-state index contributed by atoms with van der Waals surface area (Å²) >= 11 is 0. The van der Waals surface area contributed by atoms with Crippen molar-refractivity contribution in [3.8, 4) is 0 Å². The van der Waals surface area contributed by atoms with Gasteiger partial charge in [0, 0.05) is 68.7 Å². The third kappa shape index (κ3) is 17.0. The third-order valence-electron chi connectivity index (χ3n) is 18.5. The lowest BCUT2D eigenvalue weighted by molar-refractivity contribution is -0.155. The number of H-pyrrole nitrogens is 5. The van der Waals surface area contributed by atoms with Gasteiger partial charge in [0.2, 0.25) is 17.8 Å². The molecule has 13 rings (SSSR count). The Bertz CT molecular complexity index is 4520. The van der Waals surface area contributed by atoms with Crippen molar-refractivity contribution in [2.45, 2.75) is 167 Å². The van der Waals surface area contributed by atoms with Crippen LogP contribution in [0, 0.1) is 36.5 Å². The molecule has 17 atom stereocenters. The Hall–Kier alpha value is -9.76.